The molecule has 0 heterocycles. The van der Waals surface area contributed by atoms with Crippen molar-refractivity contribution in [3.05, 3.63) is 97.1 Å². The van der Waals surface area contributed by atoms with Crippen LogP contribution in [0, 0.1) is 0 Å². The summed E-state index contributed by atoms with van der Waals surface area (Å²) < 4.78 is 0. The SMILES string of the molecule is Oc1cccc(SSc2cccc(O)c2-c2ccccc2)c1-c1ccccc1. The third kappa shape index (κ3) is 3.88. The lowest BCUT2D eigenvalue weighted by Gasteiger charge is -2.13. The number of rotatable bonds is 5. The van der Waals surface area contributed by atoms with Crippen LogP contribution >= 0.6 is 21.6 Å². The Morgan fingerprint density at radius 2 is 0.821 bits per heavy atom. The molecule has 0 unspecified atom stereocenters. The molecule has 0 aliphatic rings. The topological polar surface area (TPSA) is 40.5 Å². The summed E-state index contributed by atoms with van der Waals surface area (Å²) in [7, 11) is 3.14. The summed E-state index contributed by atoms with van der Waals surface area (Å²) in [5.74, 6) is 0.520. The van der Waals surface area contributed by atoms with Crippen LogP contribution in [0.15, 0.2) is 107 Å². The smallest absolute Gasteiger partial charge is 0.124 e. The molecule has 4 rings (SSSR count). The Kier molecular flexibility index (Phi) is 5.60. The van der Waals surface area contributed by atoms with Crippen molar-refractivity contribution in [3.8, 4) is 33.8 Å². The highest BCUT2D eigenvalue weighted by Crippen LogP contribution is 2.48. The first kappa shape index (κ1) is 18.5. The molecular weight excluding hydrogens is 384 g/mol. The van der Waals surface area contributed by atoms with E-state index in [4.69, 9.17) is 0 Å². The highest BCUT2D eigenvalue weighted by atomic mass is 33.1. The number of hydrogen-bond acceptors (Lipinski definition) is 4. The molecule has 0 aromatic heterocycles. The van der Waals surface area contributed by atoms with Gasteiger partial charge in [0.2, 0.25) is 0 Å². The maximum Gasteiger partial charge on any atom is 0.124 e. The maximum atomic E-state index is 10.5. The molecule has 0 fully saturated rings. The van der Waals surface area contributed by atoms with Gasteiger partial charge < -0.3 is 10.2 Å². The first-order chi connectivity index (χ1) is 13.7. The second kappa shape index (κ2) is 8.46. The molecule has 0 aliphatic heterocycles. The summed E-state index contributed by atoms with van der Waals surface area (Å²) in [4.78, 5) is 1.94. The quantitative estimate of drug-likeness (QED) is 0.345. The fourth-order valence-corrected chi connectivity index (χ4v) is 5.49. The molecule has 0 amide bonds. The van der Waals surface area contributed by atoms with Crippen LogP contribution in [0.25, 0.3) is 22.3 Å². The molecule has 2 N–H and O–H groups in total. The first-order valence-corrected chi connectivity index (χ1v) is 11.0. The molecule has 138 valence electrons. The molecule has 0 bridgehead atoms. The van der Waals surface area contributed by atoms with E-state index in [2.05, 4.69) is 0 Å². The fourth-order valence-electron chi connectivity index (χ4n) is 3.06. The Labute approximate surface area is 172 Å². The average Bonchev–Trinajstić information content (AvgIpc) is 2.73. The van der Waals surface area contributed by atoms with Crippen LogP contribution in [-0.4, -0.2) is 10.2 Å². The van der Waals surface area contributed by atoms with Crippen LogP contribution < -0.4 is 0 Å². The predicted octanol–water partition coefficient (Wildman–Crippen LogP) is 7.23. The minimum atomic E-state index is 0.260. The highest BCUT2D eigenvalue weighted by molar-refractivity contribution is 8.76. The van der Waals surface area contributed by atoms with Gasteiger partial charge in [-0.25, -0.2) is 0 Å². The second-order valence-corrected chi connectivity index (χ2v) is 8.41. The van der Waals surface area contributed by atoms with Crippen molar-refractivity contribution in [2.75, 3.05) is 0 Å². The van der Waals surface area contributed by atoms with Crippen LogP contribution in [-0.2, 0) is 0 Å². The molecule has 4 aromatic carbocycles. The molecule has 4 heteroatoms. The highest BCUT2D eigenvalue weighted by Gasteiger charge is 2.14. The van der Waals surface area contributed by atoms with E-state index in [0.29, 0.717) is 0 Å². The van der Waals surface area contributed by atoms with Crippen molar-refractivity contribution in [2.45, 2.75) is 9.79 Å². The van der Waals surface area contributed by atoms with E-state index < -0.39 is 0 Å². The van der Waals surface area contributed by atoms with Gasteiger partial charge in [-0.1, -0.05) is 94.4 Å². The van der Waals surface area contributed by atoms with Gasteiger partial charge >= 0.3 is 0 Å². The van der Waals surface area contributed by atoms with Crippen molar-refractivity contribution in [1.29, 1.82) is 0 Å². The first-order valence-electron chi connectivity index (χ1n) is 8.83. The van der Waals surface area contributed by atoms with Gasteiger partial charge in [-0.3, -0.25) is 0 Å². The van der Waals surface area contributed by atoms with Gasteiger partial charge in [-0.05, 0) is 35.4 Å². The minimum Gasteiger partial charge on any atom is -0.507 e. The molecule has 0 saturated heterocycles. The van der Waals surface area contributed by atoms with Crippen molar-refractivity contribution in [1.82, 2.24) is 0 Å². The monoisotopic (exact) mass is 402 g/mol. The lowest BCUT2D eigenvalue weighted by molar-refractivity contribution is 0.475. The number of hydrogen-bond donors (Lipinski definition) is 2. The normalized spacial score (nSPS) is 10.7. The zero-order valence-electron chi connectivity index (χ0n) is 14.9. The summed E-state index contributed by atoms with van der Waals surface area (Å²) >= 11 is 0. The molecule has 0 saturated carbocycles. The zero-order valence-corrected chi connectivity index (χ0v) is 16.6. The molecule has 0 aliphatic carbocycles. The van der Waals surface area contributed by atoms with Gasteiger partial charge in [-0.15, -0.1) is 0 Å². The fraction of sp³-hybridized carbons (Fsp3) is 0. The Morgan fingerprint density at radius 1 is 0.429 bits per heavy atom. The van der Waals surface area contributed by atoms with Gasteiger partial charge in [0.1, 0.15) is 11.5 Å². The van der Waals surface area contributed by atoms with E-state index in [-0.39, 0.29) is 11.5 Å². The average molecular weight is 403 g/mol. The summed E-state index contributed by atoms with van der Waals surface area (Å²) in [5.41, 5.74) is 3.59. The minimum absolute atomic E-state index is 0.260. The third-order valence-electron chi connectivity index (χ3n) is 4.35. The Bertz CT molecular complexity index is 991. The summed E-state index contributed by atoms with van der Waals surface area (Å²) in [6.45, 7) is 0. The molecule has 0 spiro atoms. The summed E-state index contributed by atoms with van der Waals surface area (Å²) in [6.07, 6.45) is 0. The third-order valence-corrected chi connectivity index (χ3v) is 6.80. The second-order valence-electron chi connectivity index (χ2n) is 6.20. The zero-order chi connectivity index (χ0) is 19.3. The predicted molar refractivity (Wildman–Crippen MR) is 119 cm³/mol. The van der Waals surface area contributed by atoms with Crippen LogP contribution in [0.3, 0.4) is 0 Å². The van der Waals surface area contributed by atoms with E-state index in [9.17, 15) is 10.2 Å². The molecule has 0 atom stereocenters. The van der Waals surface area contributed by atoms with Crippen molar-refractivity contribution in [3.63, 3.8) is 0 Å². The Hall–Kier alpha value is -2.82. The lowest BCUT2D eigenvalue weighted by atomic mass is 10.0. The number of phenols is 2. The van der Waals surface area contributed by atoms with Crippen LogP contribution in [0.1, 0.15) is 0 Å². The largest absolute Gasteiger partial charge is 0.507 e. The maximum absolute atomic E-state index is 10.5. The molecule has 4 aromatic rings. The van der Waals surface area contributed by atoms with Gasteiger partial charge in [0.15, 0.2) is 0 Å². The van der Waals surface area contributed by atoms with E-state index in [1.807, 2.05) is 84.9 Å². The molecular formula is C24H18O2S2. The van der Waals surface area contributed by atoms with Gasteiger partial charge in [-0.2, -0.15) is 0 Å². The van der Waals surface area contributed by atoms with E-state index >= 15 is 0 Å². The molecule has 2 nitrogen and oxygen atoms in total. The molecule has 28 heavy (non-hydrogen) atoms. The Balaban J connectivity index is 1.69. The van der Waals surface area contributed by atoms with Gasteiger partial charge in [0, 0.05) is 20.9 Å². The van der Waals surface area contributed by atoms with Gasteiger partial charge in [0.25, 0.3) is 0 Å². The number of aromatic hydroxyl groups is 2. The van der Waals surface area contributed by atoms with Gasteiger partial charge in [0.05, 0.1) is 0 Å². The molecule has 0 radical (unpaired) electrons. The van der Waals surface area contributed by atoms with E-state index in [1.165, 1.54) is 0 Å². The van der Waals surface area contributed by atoms with Crippen LogP contribution in [0.2, 0.25) is 0 Å². The standard InChI is InChI=1S/C24H18O2S2/c25-19-13-7-15-21(23(19)17-9-3-1-4-10-17)27-28-22-16-8-14-20(26)24(22)18-11-5-2-6-12-18/h1-16,25-26H. The van der Waals surface area contributed by atoms with Crippen molar-refractivity contribution >= 4 is 21.6 Å². The summed E-state index contributed by atoms with van der Waals surface area (Å²) in [6, 6.07) is 30.9. The van der Waals surface area contributed by atoms with Crippen LogP contribution in [0.5, 0.6) is 11.5 Å². The van der Waals surface area contributed by atoms with Crippen molar-refractivity contribution in [2.24, 2.45) is 0 Å². The van der Waals surface area contributed by atoms with E-state index in [1.54, 1.807) is 33.7 Å². The number of phenolic OH excluding ortho intramolecular Hbond substituents is 2. The van der Waals surface area contributed by atoms with E-state index in [0.717, 1.165) is 32.0 Å². The van der Waals surface area contributed by atoms with Crippen LogP contribution in [0.4, 0.5) is 0 Å². The Morgan fingerprint density at radius 3 is 1.21 bits per heavy atom. The lowest BCUT2D eigenvalue weighted by Crippen LogP contribution is -1.84. The number of benzene rings is 4. The summed E-state index contributed by atoms with van der Waals surface area (Å²) in [5, 5.41) is 20.9. The van der Waals surface area contributed by atoms with Crippen molar-refractivity contribution < 1.29 is 10.2 Å².